The van der Waals surface area contributed by atoms with E-state index >= 15 is 0 Å². The van der Waals surface area contributed by atoms with Crippen LogP contribution in [-0.2, 0) is 10.0 Å². The van der Waals surface area contributed by atoms with Crippen LogP contribution in [0.15, 0.2) is 59.5 Å². The van der Waals surface area contributed by atoms with Crippen molar-refractivity contribution in [1.82, 2.24) is 0 Å². The fraction of sp³-hybridized carbons (Fsp3) is 0.0952. The highest BCUT2D eigenvalue weighted by atomic mass is 35.5. The number of benzene rings is 3. The van der Waals surface area contributed by atoms with Gasteiger partial charge in [-0.3, -0.25) is 9.52 Å². The van der Waals surface area contributed by atoms with Crippen LogP contribution >= 0.6 is 23.2 Å². The summed E-state index contributed by atoms with van der Waals surface area (Å²) in [6.07, 6.45) is 0. The number of carbonyl (C=O) groups excluding carboxylic acids is 1. The molecule has 4 rings (SSSR count). The van der Waals surface area contributed by atoms with E-state index in [-0.39, 0.29) is 26.2 Å². The molecule has 3 aromatic carbocycles. The standard InChI is InChI=1S/C21H15Cl2FN2O5S/c22-15-6-1-12(9-18(15)26-32(28,29)14-4-2-13(24)3-5-14)21(27)25-17-11-20-19(10-16(17)23)30-7-8-31-20/h1-6,9-11,26H,7-8H2,(H,25,27). The van der Waals surface area contributed by atoms with Gasteiger partial charge in [-0.15, -0.1) is 0 Å². The third-order valence-corrected chi connectivity index (χ3v) is 6.50. The van der Waals surface area contributed by atoms with Gasteiger partial charge in [0.25, 0.3) is 15.9 Å². The van der Waals surface area contributed by atoms with Crippen molar-refractivity contribution >= 4 is 50.5 Å². The lowest BCUT2D eigenvalue weighted by molar-refractivity contribution is 0.102. The maximum absolute atomic E-state index is 13.1. The minimum absolute atomic E-state index is 0.0167. The number of sulfonamides is 1. The molecule has 2 N–H and O–H groups in total. The highest BCUT2D eigenvalue weighted by Crippen LogP contribution is 2.38. The maximum Gasteiger partial charge on any atom is 0.261 e. The number of hydrogen-bond acceptors (Lipinski definition) is 5. The third kappa shape index (κ3) is 4.74. The second-order valence-corrected chi connectivity index (χ2v) is 9.18. The van der Waals surface area contributed by atoms with E-state index in [1.165, 1.54) is 24.3 Å². The fourth-order valence-electron chi connectivity index (χ4n) is 2.92. The second-order valence-electron chi connectivity index (χ2n) is 6.68. The lowest BCUT2D eigenvalue weighted by Crippen LogP contribution is -2.17. The van der Waals surface area contributed by atoms with Gasteiger partial charge in [0, 0.05) is 17.7 Å². The molecule has 7 nitrogen and oxygen atoms in total. The summed E-state index contributed by atoms with van der Waals surface area (Å²) in [5, 5.41) is 2.97. The Morgan fingerprint density at radius 1 is 0.875 bits per heavy atom. The molecule has 0 saturated carbocycles. The lowest BCUT2D eigenvalue weighted by atomic mass is 10.2. The number of amides is 1. The quantitative estimate of drug-likeness (QED) is 0.520. The molecule has 166 valence electrons. The number of carbonyl (C=O) groups is 1. The summed E-state index contributed by atoms with van der Waals surface area (Å²) >= 11 is 12.3. The van der Waals surface area contributed by atoms with Gasteiger partial charge >= 0.3 is 0 Å². The van der Waals surface area contributed by atoms with Crippen LogP contribution < -0.4 is 19.5 Å². The van der Waals surface area contributed by atoms with E-state index in [4.69, 9.17) is 32.7 Å². The zero-order chi connectivity index (χ0) is 22.9. The van der Waals surface area contributed by atoms with Gasteiger partial charge in [0.1, 0.15) is 19.0 Å². The van der Waals surface area contributed by atoms with Crippen molar-refractivity contribution in [1.29, 1.82) is 0 Å². The predicted octanol–water partition coefficient (Wildman–Crippen LogP) is 4.96. The Bertz CT molecular complexity index is 1300. The second kappa shape index (κ2) is 8.85. The van der Waals surface area contributed by atoms with Gasteiger partial charge in [-0.25, -0.2) is 12.8 Å². The van der Waals surface area contributed by atoms with Crippen LogP contribution in [0.3, 0.4) is 0 Å². The van der Waals surface area contributed by atoms with Gasteiger partial charge in [0.2, 0.25) is 0 Å². The number of nitrogens with one attached hydrogen (secondary N) is 2. The predicted molar refractivity (Wildman–Crippen MR) is 119 cm³/mol. The molecule has 0 aliphatic carbocycles. The number of rotatable bonds is 5. The van der Waals surface area contributed by atoms with E-state index in [0.717, 1.165) is 24.3 Å². The zero-order valence-electron chi connectivity index (χ0n) is 16.2. The van der Waals surface area contributed by atoms with E-state index in [1.807, 2.05) is 0 Å². The Labute approximate surface area is 193 Å². The van der Waals surface area contributed by atoms with Gasteiger partial charge in [0.05, 0.1) is 26.3 Å². The maximum atomic E-state index is 13.1. The highest BCUT2D eigenvalue weighted by Gasteiger charge is 2.19. The summed E-state index contributed by atoms with van der Waals surface area (Å²) < 4.78 is 51.5. The van der Waals surface area contributed by atoms with Crippen molar-refractivity contribution in [3.63, 3.8) is 0 Å². The van der Waals surface area contributed by atoms with Crippen molar-refractivity contribution in [2.24, 2.45) is 0 Å². The van der Waals surface area contributed by atoms with Crippen LogP contribution in [0.1, 0.15) is 10.4 Å². The first-order chi connectivity index (χ1) is 15.2. The van der Waals surface area contributed by atoms with Crippen molar-refractivity contribution < 1.29 is 27.1 Å². The fourth-order valence-corrected chi connectivity index (χ4v) is 4.41. The number of halogens is 3. The Kier molecular flexibility index (Phi) is 6.14. The summed E-state index contributed by atoms with van der Waals surface area (Å²) in [6.45, 7) is 0.771. The first-order valence-corrected chi connectivity index (χ1v) is 11.5. The average molecular weight is 497 g/mol. The van der Waals surface area contributed by atoms with Gasteiger partial charge < -0.3 is 14.8 Å². The van der Waals surface area contributed by atoms with Crippen LogP contribution in [0.5, 0.6) is 11.5 Å². The Balaban J connectivity index is 1.57. The average Bonchev–Trinajstić information content (AvgIpc) is 2.76. The van der Waals surface area contributed by atoms with E-state index < -0.39 is 21.7 Å². The number of fused-ring (bicyclic) bond motifs is 1. The molecule has 0 atom stereocenters. The van der Waals surface area contributed by atoms with E-state index in [9.17, 15) is 17.6 Å². The van der Waals surface area contributed by atoms with Crippen molar-refractivity contribution in [3.8, 4) is 11.5 Å². The molecule has 11 heteroatoms. The zero-order valence-corrected chi connectivity index (χ0v) is 18.5. The molecule has 1 heterocycles. The largest absolute Gasteiger partial charge is 0.486 e. The topological polar surface area (TPSA) is 93.7 Å². The van der Waals surface area contributed by atoms with Gasteiger partial charge in [-0.1, -0.05) is 23.2 Å². The van der Waals surface area contributed by atoms with Crippen LogP contribution in [0, 0.1) is 5.82 Å². The third-order valence-electron chi connectivity index (χ3n) is 4.48. The molecule has 3 aromatic rings. The minimum atomic E-state index is -4.06. The van der Waals surface area contributed by atoms with Gasteiger partial charge in [-0.2, -0.15) is 0 Å². The molecule has 0 radical (unpaired) electrons. The molecular weight excluding hydrogens is 482 g/mol. The molecule has 0 aromatic heterocycles. The molecule has 32 heavy (non-hydrogen) atoms. The van der Waals surface area contributed by atoms with Gasteiger partial charge in [-0.05, 0) is 42.5 Å². The lowest BCUT2D eigenvalue weighted by Gasteiger charge is -2.20. The molecule has 1 aliphatic rings. The normalized spacial score (nSPS) is 12.8. The molecular formula is C21H15Cl2FN2O5S. The number of ether oxygens (including phenoxy) is 2. The monoisotopic (exact) mass is 496 g/mol. The van der Waals surface area contributed by atoms with Crippen LogP contribution in [0.25, 0.3) is 0 Å². The summed E-state index contributed by atoms with van der Waals surface area (Å²) in [5.41, 5.74) is 0.401. The Morgan fingerprint density at radius 3 is 2.22 bits per heavy atom. The first-order valence-electron chi connectivity index (χ1n) is 9.21. The van der Waals surface area contributed by atoms with Crippen molar-refractivity contribution in [3.05, 3.63) is 76.0 Å². The van der Waals surface area contributed by atoms with Gasteiger partial charge in [0.15, 0.2) is 11.5 Å². The minimum Gasteiger partial charge on any atom is -0.486 e. The number of anilines is 2. The molecule has 0 unspecified atom stereocenters. The smallest absolute Gasteiger partial charge is 0.261 e. The molecule has 0 fully saturated rings. The molecule has 0 saturated heterocycles. The summed E-state index contributed by atoms with van der Waals surface area (Å²) in [7, 11) is -4.06. The molecule has 1 aliphatic heterocycles. The Morgan fingerprint density at radius 2 is 1.53 bits per heavy atom. The molecule has 1 amide bonds. The van der Waals surface area contributed by atoms with Crippen LogP contribution in [-0.4, -0.2) is 27.5 Å². The molecule has 0 bridgehead atoms. The summed E-state index contributed by atoms with van der Waals surface area (Å²) in [5.74, 6) is -0.205. The Hall–Kier alpha value is -3.01. The highest BCUT2D eigenvalue weighted by molar-refractivity contribution is 7.92. The summed E-state index contributed by atoms with van der Waals surface area (Å²) in [4.78, 5) is 12.6. The first kappa shape index (κ1) is 22.2. The van der Waals surface area contributed by atoms with E-state index in [1.54, 1.807) is 6.07 Å². The molecule has 0 spiro atoms. The summed E-state index contributed by atoms with van der Waals surface area (Å²) in [6, 6.07) is 11.5. The SMILES string of the molecule is O=C(Nc1cc2c(cc1Cl)OCCO2)c1ccc(Cl)c(NS(=O)(=O)c2ccc(F)cc2)c1. The number of hydrogen-bond donors (Lipinski definition) is 2. The van der Waals surface area contributed by atoms with Crippen LogP contribution in [0.4, 0.5) is 15.8 Å². The van der Waals surface area contributed by atoms with E-state index in [0.29, 0.717) is 30.4 Å². The van der Waals surface area contributed by atoms with Crippen molar-refractivity contribution in [2.45, 2.75) is 4.90 Å². The van der Waals surface area contributed by atoms with Crippen LogP contribution in [0.2, 0.25) is 10.0 Å². The van der Waals surface area contributed by atoms with Crippen molar-refractivity contribution in [2.75, 3.05) is 23.3 Å². The van der Waals surface area contributed by atoms with E-state index in [2.05, 4.69) is 10.0 Å².